The summed E-state index contributed by atoms with van der Waals surface area (Å²) in [6.45, 7) is 1.68. The molecule has 1 aromatic carbocycles. The minimum atomic E-state index is -0.641. The first kappa shape index (κ1) is 15.8. The van der Waals surface area contributed by atoms with E-state index in [2.05, 4.69) is 21.2 Å². The topological polar surface area (TPSA) is 49.3 Å². The van der Waals surface area contributed by atoms with Gasteiger partial charge in [0, 0.05) is 16.0 Å². The van der Waals surface area contributed by atoms with Crippen LogP contribution in [0.25, 0.3) is 0 Å². The van der Waals surface area contributed by atoms with Crippen molar-refractivity contribution in [2.24, 2.45) is 11.8 Å². The van der Waals surface area contributed by atoms with Crippen LogP contribution in [-0.4, -0.2) is 17.6 Å². The van der Waals surface area contributed by atoms with Crippen molar-refractivity contribution in [3.8, 4) is 0 Å². The first-order valence-electron chi connectivity index (χ1n) is 6.93. The summed E-state index contributed by atoms with van der Waals surface area (Å²) in [6.07, 6.45) is 3.61. The molecule has 0 aliphatic heterocycles. The Morgan fingerprint density at radius 2 is 2.05 bits per heavy atom. The molecule has 0 atom stereocenters. The molecule has 110 valence electrons. The van der Waals surface area contributed by atoms with E-state index in [1.165, 1.54) is 0 Å². The molecular formula is C15H19BrClNO2. The van der Waals surface area contributed by atoms with Crippen LogP contribution >= 0.6 is 27.5 Å². The summed E-state index contributed by atoms with van der Waals surface area (Å²) in [4.78, 5) is 10.9. The number of carboxylic acid groups (broad SMARTS) is 1. The third-order valence-electron chi connectivity index (χ3n) is 3.96. The smallest absolute Gasteiger partial charge is 0.306 e. The molecule has 20 heavy (non-hydrogen) atoms. The summed E-state index contributed by atoms with van der Waals surface area (Å²) in [5.41, 5.74) is 1.09. The molecule has 1 aliphatic carbocycles. The van der Waals surface area contributed by atoms with Crippen LogP contribution in [0.2, 0.25) is 5.02 Å². The Morgan fingerprint density at radius 1 is 1.35 bits per heavy atom. The number of aliphatic carboxylic acids is 1. The lowest BCUT2D eigenvalue weighted by atomic mass is 9.82. The van der Waals surface area contributed by atoms with E-state index in [-0.39, 0.29) is 5.92 Å². The Kier molecular flexibility index (Phi) is 5.87. The highest BCUT2D eigenvalue weighted by Gasteiger charge is 2.25. The zero-order chi connectivity index (χ0) is 14.5. The Labute approximate surface area is 132 Å². The average molecular weight is 361 g/mol. The van der Waals surface area contributed by atoms with Crippen molar-refractivity contribution < 1.29 is 9.90 Å². The van der Waals surface area contributed by atoms with Gasteiger partial charge in [-0.25, -0.2) is 0 Å². The predicted octanol–water partition coefficient (Wildman–Crippen LogP) is 4.08. The van der Waals surface area contributed by atoms with Gasteiger partial charge in [0.15, 0.2) is 0 Å². The second-order valence-corrected chi connectivity index (χ2v) is 6.75. The van der Waals surface area contributed by atoms with Gasteiger partial charge in [0.1, 0.15) is 0 Å². The monoisotopic (exact) mass is 359 g/mol. The van der Waals surface area contributed by atoms with Crippen LogP contribution in [0.3, 0.4) is 0 Å². The summed E-state index contributed by atoms with van der Waals surface area (Å²) in [7, 11) is 0. The molecule has 1 fully saturated rings. The van der Waals surface area contributed by atoms with Gasteiger partial charge in [0.25, 0.3) is 0 Å². The van der Waals surface area contributed by atoms with Crippen LogP contribution in [0.4, 0.5) is 0 Å². The first-order valence-corrected chi connectivity index (χ1v) is 8.11. The van der Waals surface area contributed by atoms with Crippen LogP contribution in [-0.2, 0) is 11.3 Å². The van der Waals surface area contributed by atoms with Crippen LogP contribution in [0, 0.1) is 11.8 Å². The molecule has 2 rings (SSSR count). The van der Waals surface area contributed by atoms with E-state index in [1.54, 1.807) is 0 Å². The fourth-order valence-corrected chi connectivity index (χ4v) is 3.43. The molecule has 2 N–H and O–H groups in total. The first-order chi connectivity index (χ1) is 9.56. The number of hydrogen-bond acceptors (Lipinski definition) is 2. The van der Waals surface area contributed by atoms with E-state index >= 15 is 0 Å². The van der Waals surface area contributed by atoms with Crippen molar-refractivity contribution in [1.82, 2.24) is 5.32 Å². The van der Waals surface area contributed by atoms with E-state index in [9.17, 15) is 4.79 Å². The zero-order valence-corrected chi connectivity index (χ0v) is 13.6. The van der Waals surface area contributed by atoms with Gasteiger partial charge < -0.3 is 10.4 Å². The molecule has 0 saturated heterocycles. The minimum Gasteiger partial charge on any atom is -0.481 e. The molecule has 1 saturated carbocycles. The quantitative estimate of drug-likeness (QED) is 0.831. The number of carboxylic acids is 1. The van der Waals surface area contributed by atoms with E-state index in [4.69, 9.17) is 16.7 Å². The van der Waals surface area contributed by atoms with Crippen LogP contribution in [0.15, 0.2) is 22.7 Å². The van der Waals surface area contributed by atoms with Gasteiger partial charge >= 0.3 is 5.97 Å². The van der Waals surface area contributed by atoms with Crippen molar-refractivity contribution in [2.75, 3.05) is 6.54 Å². The van der Waals surface area contributed by atoms with E-state index in [0.717, 1.165) is 53.8 Å². The van der Waals surface area contributed by atoms with Gasteiger partial charge in [-0.05, 0) is 55.8 Å². The van der Waals surface area contributed by atoms with Gasteiger partial charge in [0.05, 0.1) is 5.92 Å². The van der Waals surface area contributed by atoms with Gasteiger partial charge in [-0.3, -0.25) is 4.79 Å². The van der Waals surface area contributed by atoms with Crippen molar-refractivity contribution >= 4 is 33.5 Å². The molecule has 0 bridgehead atoms. The van der Waals surface area contributed by atoms with Crippen LogP contribution < -0.4 is 5.32 Å². The lowest BCUT2D eigenvalue weighted by Gasteiger charge is -2.26. The predicted molar refractivity (Wildman–Crippen MR) is 83.9 cm³/mol. The number of benzene rings is 1. The highest BCUT2D eigenvalue weighted by Crippen LogP contribution is 2.28. The second-order valence-electron chi connectivity index (χ2n) is 5.42. The second kappa shape index (κ2) is 7.43. The third kappa shape index (κ3) is 4.47. The fraction of sp³-hybridized carbons (Fsp3) is 0.533. The molecule has 0 amide bonds. The molecule has 0 spiro atoms. The van der Waals surface area contributed by atoms with Crippen molar-refractivity contribution in [3.05, 3.63) is 33.3 Å². The largest absolute Gasteiger partial charge is 0.481 e. The van der Waals surface area contributed by atoms with Crippen molar-refractivity contribution in [2.45, 2.75) is 32.2 Å². The standard InChI is InChI=1S/C15H19BrClNO2/c16-13-6-5-12(14(17)7-13)9-18-8-10-1-3-11(4-2-10)15(19)20/h5-7,10-11,18H,1-4,8-9H2,(H,19,20). The summed E-state index contributed by atoms with van der Waals surface area (Å²) in [5.74, 6) is -0.190. The van der Waals surface area contributed by atoms with Crippen LogP contribution in [0.1, 0.15) is 31.2 Å². The fourth-order valence-electron chi connectivity index (χ4n) is 2.69. The van der Waals surface area contributed by atoms with E-state index in [0.29, 0.717) is 5.92 Å². The van der Waals surface area contributed by atoms with E-state index < -0.39 is 5.97 Å². The molecule has 3 nitrogen and oxygen atoms in total. The SMILES string of the molecule is O=C(O)C1CCC(CNCc2ccc(Br)cc2Cl)CC1. The summed E-state index contributed by atoms with van der Waals surface area (Å²) in [6, 6.07) is 5.90. The molecule has 0 unspecified atom stereocenters. The Morgan fingerprint density at radius 3 is 2.65 bits per heavy atom. The minimum absolute atomic E-state index is 0.132. The molecule has 5 heteroatoms. The molecule has 0 radical (unpaired) electrons. The summed E-state index contributed by atoms with van der Waals surface area (Å²) in [5, 5.41) is 13.2. The third-order valence-corrected chi connectivity index (χ3v) is 4.80. The van der Waals surface area contributed by atoms with Crippen molar-refractivity contribution in [1.29, 1.82) is 0 Å². The maximum atomic E-state index is 10.9. The number of carbonyl (C=O) groups is 1. The van der Waals surface area contributed by atoms with Gasteiger partial charge in [-0.15, -0.1) is 0 Å². The zero-order valence-electron chi connectivity index (χ0n) is 11.2. The van der Waals surface area contributed by atoms with Crippen LogP contribution in [0.5, 0.6) is 0 Å². The number of rotatable bonds is 5. The molecule has 0 heterocycles. The van der Waals surface area contributed by atoms with E-state index in [1.807, 2.05) is 18.2 Å². The Hall–Kier alpha value is -0.580. The molecule has 0 aromatic heterocycles. The van der Waals surface area contributed by atoms with Gasteiger partial charge in [-0.1, -0.05) is 33.6 Å². The number of hydrogen-bond donors (Lipinski definition) is 2. The lowest BCUT2D eigenvalue weighted by molar-refractivity contribution is -0.143. The Balaban J connectivity index is 1.73. The van der Waals surface area contributed by atoms with Gasteiger partial charge in [0.2, 0.25) is 0 Å². The number of halogens is 2. The normalized spacial score (nSPS) is 22.7. The number of nitrogens with one attached hydrogen (secondary N) is 1. The summed E-state index contributed by atoms with van der Waals surface area (Å²) < 4.78 is 0.984. The molecular weight excluding hydrogens is 342 g/mol. The molecule has 1 aromatic rings. The lowest BCUT2D eigenvalue weighted by Crippen LogP contribution is -2.28. The summed E-state index contributed by atoms with van der Waals surface area (Å²) >= 11 is 9.56. The maximum absolute atomic E-state index is 10.9. The average Bonchev–Trinajstić information content (AvgIpc) is 2.42. The highest BCUT2D eigenvalue weighted by atomic mass is 79.9. The highest BCUT2D eigenvalue weighted by molar-refractivity contribution is 9.10. The molecule has 1 aliphatic rings. The Bertz CT molecular complexity index is 473. The maximum Gasteiger partial charge on any atom is 0.306 e. The van der Waals surface area contributed by atoms with Gasteiger partial charge in [-0.2, -0.15) is 0 Å². The van der Waals surface area contributed by atoms with Crippen molar-refractivity contribution in [3.63, 3.8) is 0 Å².